The molecule has 0 aliphatic rings. The van der Waals surface area contributed by atoms with Gasteiger partial charge in [0.05, 0.1) is 0 Å². The normalized spacial score (nSPS) is 10.3. The highest BCUT2D eigenvalue weighted by Gasteiger charge is 2.06. The number of benzene rings is 1. The molecule has 0 amide bonds. The van der Waals surface area contributed by atoms with Gasteiger partial charge in [0.1, 0.15) is 0 Å². The maximum absolute atomic E-state index is 5.53. The molecule has 82 valence electrons. The number of para-hydroxylation sites is 1. The van der Waals surface area contributed by atoms with Crippen molar-refractivity contribution in [2.75, 3.05) is 6.54 Å². The maximum Gasteiger partial charge on any atom is 0.0458 e. The van der Waals surface area contributed by atoms with Crippen LogP contribution in [0, 0.1) is 6.92 Å². The quantitative estimate of drug-likeness (QED) is 0.827. The van der Waals surface area contributed by atoms with Crippen molar-refractivity contribution in [1.29, 1.82) is 0 Å². The topological polar surface area (TPSA) is 41.8 Å². The Morgan fingerprint density at radius 1 is 1.27 bits per heavy atom. The Kier molecular flexibility index (Phi) is 4.18. The van der Waals surface area contributed by atoms with E-state index in [1.165, 1.54) is 22.2 Å². The van der Waals surface area contributed by atoms with Gasteiger partial charge in [-0.15, -0.1) is 12.4 Å². The van der Waals surface area contributed by atoms with Crippen LogP contribution in [0.4, 0.5) is 0 Å². The van der Waals surface area contributed by atoms with Gasteiger partial charge in [0.25, 0.3) is 0 Å². The highest BCUT2D eigenvalue weighted by atomic mass is 35.5. The third-order valence-corrected chi connectivity index (χ3v) is 2.66. The van der Waals surface area contributed by atoms with Gasteiger partial charge >= 0.3 is 0 Å². The van der Waals surface area contributed by atoms with E-state index < -0.39 is 0 Å². The molecule has 2 nitrogen and oxygen atoms in total. The molecule has 15 heavy (non-hydrogen) atoms. The Morgan fingerprint density at radius 3 is 2.73 bits per heavy atom. The zero-order valence-electron chi connectivity index (χ0n) is 8.92. The SMILES string of the molecule is Cc1[nH]c2ccccc2c1CCCN.Cl. The van der Waals surface area contributed by atoms with Gasteiger partial charge in [0.2, 0.25) is 0 Å². The lowest BCUT2D eigenvalue weighted by Crippen LogP contribution is -2.00. The van der Waals surface area contributed by atoms with E-state index in [4.69, 9.17) is 5.73 Å². The summed E-state index contributed by atoms with van der Waals surface area (Å²) in [6.07, 6.45) is 2.13. The first-order valence-corrected chi connectivity index (χ1v) is 5.09. The largest absolute Gasteiger partial charge is 0.358 e. The van der Waals surface area contributed by atoms with Crippen molar-refractivity contribution in [3.63, 3.8) is 0 Å². The number of fused-ring (bicyclic) bond motifs is 1. The van der Waals surface area contributed by atoms with Crippen LogP contribution in [0.5, 0.6) is 0 Å². The summed E-state index contributed by atoms with van der Waals surface area (Å²) in [7, 11) is 0. The number of aromatic nitrogens is 1. The predicted molar refractivity (Wildman–Crippen MR) is 67.7 cm³/mol. The minimum atomic E-state index is 0. The molecule has 0 atom stereocenters. The van der Waals surface area contributed by atoms with Gasteiger partial charge in [-0.25, -0.2) is 0 Å². The molecule has 0 spiro atoms. The van der Waals surface area contributed by atoms with Gasteiger partial charge in [-0.05, 0) is 37.9 Å². The average molecular weight is 225 g/mol. The third kappa shape index (κ3) is 2.33. The van der Waals surface area contributed by atoms with Crippen LogP contribution >= 0.6 is 12.4 Å². The first-order chi connectivity index (χ1) is 6.83. The molecule has 0 saturated heterocycles. The van der Waals surface area contributed by atoms with E-state index in [0.29, 0.717) is 0 Å². The number of hydrogen-bond acceptors (Lipinski definition) is 1. The van der Waals surface area contributed by atoms with Crippen LogP contribution in [-0.2, 0) is 6.42 Å². The van der Waals surface area contributed by atoms with Crippen molar-refractivity contribution < 1.29 is 0 Å². The van der Waals surface area contributed by atoms with Crippen LogP contribution in [0.25, 0.3) is 10.9 Å². The molecule has 0 saturated carbocycles. The van der Waals surface area contributed by atoms with Crippen molar-refractivity contribution in [3.8, 4) is 0 Å². The summed E-state index contributed by atoms with van der Waals surface area (Å²) >= 11 is 0. The first-order valence-electron chi connectivity index (χ1n) is 5.09. The lowest BCUT2D eigenvalue weighted by Gasteiger charge is -1.98. The Balaban J connectivity index is 0.00000112. The molecule has 2 aromatic rings. The van der Waals surface area contributed by atoms with Gasteiger partial charge in [-0.3, -0.25) is 0 Å². The molecule has 1 aromatic heterocycles. The molecule has 3 heteroatoms. The highest BCUT2D eigenvalue weighted by molar-refractivity contribution is 5.85. The Hall–Kier alpha value is -0.990. The highest BCUT2D eigenvalue weighted by Crippen LogP contribution is 2.22. The maximum atomic E-state index is 5.53. The van der Waals surface area contributed by atoms with Crippen molar-refractivity contribution >= 4 is 23.3 Å². The van der Waals surface area contributed by atoms with Gasteiger partial charge in [-0.1, -0.05) is 18.2 Å². The minimum Gasteiger partial charge on any atom is -0.358 e. The fourth-order valence-electron chi connectivity index (χ4n) is 1.94. The number of hydrogen-bond donors (Lipinski definition) is 2. The van der Waals surface area contributed by atoms with E-state index >= 15 is 0 Å². The monoisotopic (exact) mass is 224 g/mol. The molecule has 2 rings (SSSR count). The molecular formula is C12H17ClN2. The van der Waals surface area contributed by atoms with E-state index in [1.807, 2.05) is 0 Å². The van der Waals surface area contributed by atoms with Crippen LogP contribution < -0.4 is 5.73 Å². The summed E-state index contributed by atoms with van der Waals surface area (Å²) in [5, 5.41) is 1.35. The number of aromatic amines is 1. The zero-order chi connectivity index (χ0) is 9.97. The lowest BCUT2D eigenvalue weighted by atomic mass is 10.1. The molecular weight excluding hydrogens is 208 g/mol. The van der Waals surface area contributed by atoms with Gasteiger partial charge in [0, 0.05) is 16.6 Å². The second-order valence-corrected chi connectivity index (χ2v) is 3.67. The smallest absolute Gasteiger partial charge is 0.0458 e. The molecule has 0 aliphatic heterocycles. The fraction of sp³-hybridized carbons (Fsp3) is 0.333. The second kappa shape index (κ2) is 5.19. The van der Waals surface area contributed by atoms with Crippen molar-refractivity contribution in [2.45, 2.75) is 19.8 Å². The zero-order valence-corrected chi connectivity index (χ0v) is 9.73. The second-order valence-electron chi connectivity index (χ2n) is 3.67. The number of H-pyrrole nitrogens is 1. The number of nitrogens with one attached hydrogen (secondary N) is 1. The number of rotatable bonds is 3. The summed E-state index contributed by atoms with van der Waals surface area (Å²) in [6, 6.07) is 8.44. The van der Waals surface area contributed by atoms with E-state index in [9.17, 15) is 0 Å². The Morgan fingerprint density at radius 2 is 2.00 bits per heavy atom. The van der Waals surface area contributed by atoms with Crippen LogP contribution in [0.15, 0.2) is 24.3 Å². The van der Waals surface area contributed by atoms with E-state index in [-0.39, 0.29) is 12.4 Å². The summed E-state index contributed by atoms with van der Waals surface area (Å²) < 4.78 is 0. The molecule has 0 bridgehead atoms. The van der Waals surface area contributed by atoms with Gasteiger partial charge in [-0.2, -0.15) is 0 Å². The molecule has 0 radical (unpaired) electrons. The minimum absolute atomic E-state index is 0. The summed E-state index contributed by atoms with van der Waals surface area (Å²) in [4.78, 5) is 3.40. The molecule has 1 aromatic carbocycles. The van der Waals surface area contributed by atoms with E-state index in [0.717, 1.165) is 19.4 Å². The van der Waals surface area contributed by atoms with Crippen molar-refractivity contribution in [3.05, 3.63) is 35.5 Å². The molecule has 3 N–H and O–H groups in total. The molecule has 1 heterocycles. The van der Waals surface area contributed by atoms with E-state index in [1.54, 1.807) is 0 Å². The Labute approximate surface area is 96.3 Å². The van der Waals surface area contributed by atoms with Crippen LogP contribution in [0.3, 0.4) is 0 Å². The number of aryl methyl sites for hydroxylation is 2. The van der Waals surface area contributed by atoms with Gasteiger partial charge in [0.15, 0.2) is 0 Å². The number of nitrogens with two attached hydrogens (primary N) is 1. The summed E-state index contributed by atoms with van der Waals surface area (Å²) in [5.74, 6) is 0. The summed E-state index contributed by atoms with van der Waals surface area (Å²) in [5.41, 5.74) is 9.46. The van der Waals surface area contributed by atoms with Crippen LogP contribution in [-0.4, -0.2) is 11.5 Å². The van der Waals surface area contributed by atoms with E-state index in [2.05, 4.69) is 36.2 Å². The lowest BCUT2D eigenvalue weighted by molar-refractivity contribution is 0.831. The van der Waals surface area contributed by atoms with Crippen molar-refractivity contribution in [2.24, 2.45) is 5.73 Å². The Bertz CT molecular complexity index is 434. The standard InChI is InChI=1S/C12H16N2.ClH/c1-9-10(6-4-8-13)11-5-2-3-7-12(11)14-9;/h2-3,5,7,14H,4,6,8,13H2,1H3;1H. The first kappa shape index (κ1) is 12.1. The van der Waals surface area contributed by atoms with Crippen LogP contribution in [0.2, 0.25) is 0 Å². The molecule has 0 fully saturated rings. The van der Waals surface area contributed by atoms with Crippen LogP contribution in [0.1, 0.15) is 17.7 Å². The fourth-order valence-corrected chi connectivity index (χ4v) is 1.94. The molecule has 0 unspecified atom stereocenters. The average Bonchev–Trinajstić information content (AvgIpc) is 2.51. The predicted octanol–water partition coefficient (Wildman–Crippen LogP) is 2.79. The number of halogens is 1. The summed E-state index contributed by atoms with van der Waals surface area (Å²) in [6.45, 7) is 2.89. The van der Waals surface area contributed by atoms with Crippen molar-refractivity contribution in [1.82, 2.24) is 4.98 Å². The van der Waals surface area contributed by atoms with Gasteiger partial charge < -0.3 is 10.7 Å². The third-order valence-electron chi connectivity index (χ3n) is 2.66. The molecule has 0 aliphatic carbocycles.